The summed E-state index contributed by atoms with van der Waals surface area (Å²) in [6, 6.07) is 12.8. The average molecular weight is 370 g/mol. The molecule has 4 rings (SSSR count). The van der Waals surface area contributed by atoms with Gasteiger partial charge in [-0.05, 0) is 48.9 Å². The van der Waals surface area contributed by atoms with Crippen molar-refractivity contribution in [2.24, 2.45) is 11.3 Å². The predicted molar refractivity (Wildman–Crippen MR) is 100.0 cm³/mol. The molecule has 1 aliphatic carbocycles. The molecule has 0 radical (unpaired) electrons. The van der Waals surface area contributed by atoms with Crippen LogP contribution < -0.4 is 5.32 Å². The molecular weight excluding hydrogens is 350 g/mol. The average Bonchev–Trinajstić information content (AvgIpc) is 3.36. The van der Waals surface area contributed by atoms with Crippen LogP contribution in [-0.4, -0.2) is 34.8 Å². The Morgan fingerprint density at radius 1 is 1.15 bits per heavy atom. The van der Waals surface area contributed by atoms with Gasteiger partial charge in [-0.25, -0.2) is 4.98 Å². The summed E-state index contributed by atoms with van der Waals surface area (Å²) in [4.78, 5) is 30.9. The van der Waals surface area contributed by atoms with Gasteiger partial charge in [0.05, 0.1) is 0 Å². The first-order valence-corrected chi connectivity index (χ1v) is 9.22. The molecule has 2 heterocycles. The van der Waals surface area contributed by atoms with Crippen LogP contribution in [0.1, 0.15) is 29.6 Å². The molecule has 1 aromatic heterocycles. The maximum absolute atomic E-state index is 12.6. The lowest BCUT2D eigenvalue weighted by molar-refractivity contribution is -0.118. The third-order valence-corrected chi connectivity index (χ3v) is 5.77. The van der Waals surface area contributed by atoms with Crippen LogP contribution in [0, 0.1) is 11.3 Å². The van der Waals surface area contributed by atoms with Crippen molar-refractivity contribution in [3.63, 3.8) is 0 Å². The quantitative estimate of drug-likeness (QED) is 0.840. The van der Waals surface area contributed by atoms with Crippen molar-refractivity contribution in [1.82, 2.24) is 9.88 Å². The van der Waals surface area contributed by atoms with E-state index in [0.29, 0.717) is 23.8 Å². The van der Waals surface area contributed by atoms with Crippen molar-refractivity contribution in [2.75, 3.05) is 18.4 Å². The first-order valence-electron chi connectivity index (χ1n) is 8.84. The molecule has 1 saturated heterocycles. The van der Waals surface area contributed by atoms with E-state index in [0.717, 1.165) is 24.9 Å². The fourth-order valence-corrected chi connectivity index (χ4v) is 4.07. The van der Waals surface area contributed by atoms with E-state index in [1.807, 2.05) is 35.2 Å². The molecular formula is C20H20ClN3O2. The molecule has 1 saturated carbocycles. The Morgan fingerprint density at radius 2 is 1.88 bits per heavy atom. The number of amides is 2. The van der Waals surface area contributed by atoms with Crippen LogP contribution in [0.4, 0.5) is 5.69 Å². The minimum Gasteiger partial charge on any atom is -0.339 e. The zero-order chi connectivity index (χ0) is 18.1. The number of halogens is 1. The second kappa shape index (κ2) is 6.72. The van der Waals surface area contributed by atoms with Gasteiger partial charge in [0.25, 0.3) is 5.91 Å². The topological polar surface area (TPSA) is 62.3 Å². The van der Waals surface area contributed by atoms with Gasteiger partial charge < -0.3 is 10.2 Å². The number of para-hydroxylation sites is 1. The lowest BCUT2D eigenvalue weighted by Gasteiger charge is -2.33. The number of carbonyl (C=O) groups excluding carboxylic acids is 2. The number of benzene rings is 1. The molecule has 1 N–H and O–H groups in total. The molecule has 2 aromatic rings. The van der Waals surface area contributed by atoms with Crippen LogP contribution in [0.25, 0.3) is 0 Å². The third-order valence-electron chi connectivity index (χ3n) is 5.57. The summed E-state index contributed by atoms with van der Waals surface area (Å²) in [5.41, 5.74) is 1.46. The predicted octanol–water partition coefficient (Wildman–Crippen LogP) is 3.62. The summed E-state index contributed by atoms with van der Waals surface area (Å²) < 4.78 is 0. The number of rotatable bonds is 3. The SMILES string of the molecule is O=C(Nc1ccccc1)C1CC12CCN(C(=O)c1ccnc(Cl)c1)CC2. The number of likely N-dealkylation sites (tertiary alicyclic amines) is 1. The molecule has 6 heteroatoms. The van der Waals surface area contributed by atoms with Gasteiger partial charge in [0.2, 0.25) is 5.91 Å². The number of nitrogens with zero attached hydrogens (tertiary/aromatic N) is 2. The monoisotopic (exact) mass is 369 g/mol. The Labute approximate surface area is 157 Å². The van der Waals surface area contributed by atoms with Gasteiger partial charge in [0.1, 0.15) is 5.15 Å². The Bertz CT molecular complexity index is 832. The standard InChI is InChI=1S/C20H20ClN3O2/c21-17-12-14(6-9-22-17)19(26)24-10-7-20(8-11-24)13-16(20)18(25)23-15-4-2-1-3-5-15/h1-6,9,12,16H,7-8,10-11,13H2,(H,23,25). The number of pyridine rings is 1. The zero-order valence-electron chi connectivity index (χ0n) is 14.3. The van der Waals surface area contributed by atoms with Gasteiger partial charge in [0.15, 0.2) is 0 Å². The van der Waals surface area contributed by atoms with E-state index in [1.54, 1.807) is 18.3 Å². The van der Waals surface area contributed by atoms with E-state index >= 15 is 0 Å². The van der Waals surface area contributed by atoms with E-state index in [9.17, 15) is 9.59 Å². The lowest BCUT2D eigenvalue weighted by Crippen LogP contribution is -2.40. The maximum atomic E-state index is 12.6. The summed E-state index contributed by atoms with van der Waals surface area (Å²) in [6.45, 7) is 1.35. The minimum absolute atomic E-state index is 0.0184. The smallest absolute Gasteiger partial charge is 0.254 e. The van der Waals surface area contributed by atoms with Crippen LogP contribution in [-0.2, 0) is 4.79 Å². The normalized spacial score (nSPS) is 20.7. The van der Waals surface area contributed by atoms with Crippen LogP contribution in [0.15, 0.2) is 48.7 Å². The van der Waals surface area contributed by atoms with Crippen molar-refractivity contribution in [3.05, 3.63) is 59.4 Å². The fraction of sp³-hybridized carbons (Fsp3) is 0.350. The molecule has 1 aromatic carbocycles. The number of hydrogen-bond acceptors (Lipinski definition) is 3. The van der Waals surface area contributed by atoms with E-state index in [4.69, 9.17) is 11.6 Å². The summed E-state index contributed by atoms with van der Waals surface area (Å²) in [5, 5.41) is 3.32. The van der Waals surface area contributed by atoms with Crippen molar-refractivity contribution in [1.29, 1.82) is 0 Å². The number of nitrogens with one attached hydrogen (secondary N) is 1. The number of carbonyl (C=O) groups is 2. The van der Waals surface area contributed by atoms with E-state index in [1.165, 1.54) is 0 Å². The van der Waals surface area contributed by atoms with Crippen molar-refractivity contribution in [2.45, 2.75) is 19.3 Å². The Hall–Kier alpha value is -2.40. The molecule has 134 valence electrons. The highest BCUT2D eigenvalue weighted by atomic mass is 35.5. The van der Waals surface area contributed by atoms with Gasteiger partial charge in [-0.1, -0.05) is 29.8 Å². The molecule has 2 fully saturated rings. The Kier molecular flexibility index (Phi) is 4.41. The molecule has 26 heavy (non-hydrogen) atoms. The molecule has 2 amide bonds. The number of anilines is 1. The molecule has 2 aliphatic rings. The largest absolute Gasteiger partial charge is 0.339 e. The molecule has 1 atom stereocenters. The number of aromatic nitrogens is 1. The van der Waals surface area contributed by atoms with Gasteiger partial charge in [-0.3, -0.25) is 9.59 Å². The van der Waals surface area contributed by atoms with E-state index in [-0.39, 0.29) is 23.1 Å². The Morgan fingerprint density at radius 3 is 2.58 bits per heavy atom. The number of piperidine rings is 1. The van der Waals surface area contributed by atoms with Gasteiger partial charge in [-0.2, -0.15) is 0 Å². The number of hydrogen-bond donors (Lipinski definition) is 1. The highest BCUT2D eigenvalue weighted by Crippen LogP contribution is 2.59. The molecule has 1 aliphatic heterocycles. The van der Waals surface area contributed by atoms with Gasteiger partial charge in [-0.15, -0.1) is 0 Å². The van der Waals surface area contributed by atoms with Crippen LogP contribution in [0.2, 0.25) is 5.15 Å². The minimum atomic E-state index is -0.0184. The van der Waals surface area contributed by atoms with E-state index < -0.39 is 0 Å². The lowest BCUT2D eigenvalue weighted by atomic mass is 9.90. The molecule has 1 spiro atoms. The third kappa shape index (κ3) is 3.31. The van der Waals surface area contributed by atoms with Crippen molar-refractivity contribution < 1.29 is 9.59 Å². The highest BCUT2D eigenvalue weighted by Gasteiger charge is 2.58. The van der Waals surface area contributed by atoms with E-state index in [2.05, 4.69) is 10.3 Å². The first-order chi connectivity index (χ1) is 12.6. The summed E-state index contributed by atoms with van der Waals surface area (Å²) >= 11 is 5.88. The summed E-state index contributed by atoms with van der Waals surface area (Å²) in [7, 11) is 0. The maximum Gasteiger partial charge on any atom is 0.254 e. The molecule has 0 bridgehead atoms. The second-order valence-electron chi connectivity index (χ2n) is 7.13. The van der Waals surface area contributed by atoms with Crippen LogP contribution >= 0.6 is 11.6 Å². The summed E-state index contributed by atoms with van der Waals surface area (Å²) in [6.07, 6.45) is 4.19. The fourth-order valence-electron chi connectivity index (χ4n) is 3.90. The van der Waals surface area contributed by atoms with Gasteiger partial charge in [0, 0.05) is 36.5 Å². The van der Waals surface area contributed by atoms with Crippen LogP contribution in [0.3, 0.4) is 0 Å². The van der Waals surface area contributed by atoms with Crippen molar-refractivity contribution >= 4 is 29.1 Å². The van der Waals surface area contributed by atoms with Crippen LogP contribution in [0.5, 0.6) is 0 Å². The van der Waals surface area contributed by atoms with Crippen molar-refractivity contribution in [3.8, 4) is 0 Å². The Balaban J connectivity index is 1.34. The first kappa shape index (κ1) is 17.0. The highest BCUT2D eigenvalue weighted by molar-refractivity contribution is 6.29. The van der Waals surface area contributed by atoms with Gasteiger partial charge >= 0.3 is 0 Å². The summed E-state index contributed by atoms with van der Waals surface area (Å²) in [5.74, 6) is 0.127. The molecule has 1 unspecified atom stereocenters. The molecule has 5 nitrogen and oxygen atoms in total. The second-order valence-corrected chi connectivity index (χ2v) is 7.52. The zero-order valence-corrected chi connectivity index (χ0v) is 15.1.